The second-order valence-electron chi connectivity index (χ2n) is 4.27. The SMILES string of the molecule is Nc1cccc(NC2CCS(=O)CC2)c1[N+](=O)[O-]. The third kappa shape index (κ3) is 2.79. The van der Waals surface area contributed by atoms with E-state index in [0.717, 1.165) is 12.8 Å². The summed E-state index contributed by atoms with van der Waals surface area (Å²) in [7, 11) is -0.736. The molecule has 0 aromatic heterocycles. The molecular weight excluding hydrogens is 254 g/mol. The number of nitrogen functional groups attached to an aromatic ring is 1. The fourth-order valence-electron chi connectivity index (χ4n) is 2.04. The standard InChI is InChI=1S/C11H15N3O3S/c12-9-2-1-3-10(11(9)14(15)16)13-8-4-6-18(17)7-5-8/h1-3,8,13H,4-7,12H2. The number of nitro groups is 1. The molecule has 1 aromatic carbocycles. The number of nitrogens with two attached hydrogens (primary N) is 1. The highest BCUT2D eigenvalue weighted by molar-refractivity contribution is 7.85. The lowest BCUT2D eigenvalue weighted by Gasteiger charge is -2.23. The smallest absolute Gasteiger partial charge is 0.314 e. The summed E-state index contributed by atoms with van der Waals surface area (Å²) in [5.74, 6) is 1.29. The summed E-state index contributed by atoms with van der Waals surface area (Å²) < 4.78 is 11.2. The molecule has 7 heteroatoms. The Kier molecular flexibility index (Phi) is 3.81. The van der Waals surface area contributed by atoms with Gasteiger partial charge in [0.1, 0.15) is 11.4 Å². The maximum absolute atomic E-state index is 11.2. The lowest BCUT2D eigenvalue weighted by atomic mass is 10.1. The summed E-state index contributed by atoms with van der Waals surface area (Å²) in [6, 6.07) is 4.98. The summed E-state index contributed by atoms with van der Waals surface area (Å²) in [6.45, 7) is 0. The molecule has 2 rings (SSSR count). The predicted octanol–water partition coefficient (Wildman–Crippen LogP) is 1.50. The molecule has 98 valence electrons. The van der Waals surface area contributed by atoms with Crippen molar-refractivity contribution in [3.05, 3.63) is 28.3 Å². The highest BCUT2D eigenvalue weighted by atomic mass is 32.2. The Morgan fingerprint density at radius 3 is 2.67 bits per heavy atom. The van der Waals surface area contributed by atoms with E-state index in [1.807, 2.05) is 0 Å². The first-order valence-corrected chi connectivity index (χ1v) is 7.21. The molecule has 0 spiro atoms. The van der Waals surface area contributed by atoms with Gasteiger partial charge in [0.15, 0.2) is 0 Å². The van der Waals surface area contributed by atoms with Crippen LogP contribution in [0.1, 0.15) is 12.8 Å². The average molecular weight is 269 g/mol. The van der Waals surface area contributed by atoms with Crippen molar-refractivity contribution in [3.8, 4) is 0 Å². The van der Waals surface area contributed by atoms with Gasteiger partial charge in [-0.25, -0.2) is 0 Å². The highest BCUT2D eigenvalue weighted by Crippen LogP contribution is 2.31. The van der Waals surface area contributed by atoms with E-state index in [2.05, 4.69) is 5.32 Å². The van der Waals surface area contributed by atoms with E-state index in [-0.39, 0.29) is 17.4 Å². The third-order valence-corrected chi connectivity index (χ3v) is 4.38. The molecular formula is C11H15N3O3S. The quantitative estimate of drug-likeness (QED) is 0.492. The Hall–Kier alpha value is -1.63. The molecule has 0 aliphatic carbocycles. The van der Waals surface area contributed by atoms with Crippen LogP contribution in [0.2, 0.25) is 0 Å². The van der Waals surface area contributed by atoms with Crippen LogP contribution >= 0.6 is 0 Å². The van der Waals surface area contributed by atoms with Gasteiger partial charge >= 0.3 is 5.69 Å². The van der Waals surface area contributed by atoms with Crippen molar-refractivity contribution in [1.82, 2.24) is 0 Å². The number of nitrogens with one attached hydrogen (secondary N) is 1. The maximum atomic E-state index is 11.2. The Labute approximate surface area is 107 Å². The molecule has 0 radical (unpaired) electrons. The van der Waals surface area contributed by atoms with E-state index in [0.29, 0.717) is 17.2 Å². The van der Waals surface area contributed by atoms with Crippen molar-refractivity contribution in [2.75, 3.05) is 22.6 Å². The molecule has 18 heavy (non-hydrogen) atoms. The summed E-state index contributed by atoms with van der Waals surface area (Å²) in [5.41, 5.74) is 6.14. The summed E-state index contributed by atoms with van der Waals surface area (Å²) in [4.78, 5) is 10.5. The molecule has 1 aromatic rings. The van der Waals surface area contributed by atoms with Crippen molar-refractivity contribution in [2.45, 2.75) is 18.9 Å². The topological polar surface area (TPSA) is 98.3 Å². The van der Waals surface area contributed by atoms with Crippen molar-refractivity contribution < 1.29 is 9.13 Å². The number of anilines is 2. The van der Waals surface area contributed by atoms with Gasteiger partial charge in [0.05, 0.1) is 4.92 Å². The first-order chi connectivity index (χ1) is 8.58. The van der Waals surface area contributed by atoms with E-state index in [1.165, 1.54) is 6.07 Å². The number of nitrogens with zero attached hydrogens (tertiary/aromatic N) is 1. The molecule has 3 N–H and O–H groups in total. The number of nitro benzene ring substituents is 1. The van der Waals surface area contributed by atoms with Gasteiger partial charge in [0.2, 0.25) is 0 Å². The minimum atomic E-state index is -0.736. The van der Waals surface area contributed by atoms with Gasteiger partial charge in [0, 0.05) is 28.3 Å². The largest absolute Gasteiger partial charge is 0.393 e. The van der Waals surface area contributed by atoms with Gasteiger partial charge in [-0.2, -0.15) is 0 Å². The number of para-hydroxylation sites is 1. The average Bonchev–Trinajstić information content (AvgIpc) is 2.32. The lowest BCUT2D eigenvalue weighted by Crippen LogP contribution is -2.29. The first-order valence-electron chi connectivity index (χ1n) is 5.72. The van der Waals surface area contributed by atoms with Crippen molar-refractivity contribution in [2.24, 2.45) is 0 Å². The first kappa shape index (κ1) is 12.8. The Morgan fingerprint density at radius 2 is 2.06 bits per heavy atom. The van der Waals surface area contributed by atoms with Crippen molar-refractivity contribution >= 4 is 27.9 Å². The Bertz CT molecular complexity index is 482. The van der Waals surface area contributed by atoms with Crippen LogP contribution in [0.5, 0.6) is 0 Å². The van der Waals surface area contributed by atoms with Gasteiger partial charge in [0.25, 0.3) is 0 Å². The molecule has 0 saturated carbocycles. The lowest BCUT2D eigenvalue weighted by molar-refractivity contribution is -0.383. The normalized spacial score (nSPS) is 23.6. The second-order valence-corrected chi connectivity index (χ2v) is 5.96. The molecule has 1 aliphatic heterocycles. The van der Waals surface area contributed by atoms with Crippen LogP contribution in [0.15, 0.2) is 18.2 Å². The molecule has 0 atom stereocenters. The van der Waals surface area contributed by atoms with Crippen LogP contribution in [0.3, 0.4) is 0 Å². The molecule has 1 aliphatic rings. The van der Waals surface area contributed by atoms with E-state index in [4.69, 9.17) is 5.73 Å². The van der Waals surface area contributed by atoms with Crippen LogP contribution in [-0.4, -0.2) is 26.7 Å². The van der Waals surface area contributed by atoms with Crippen LogP contribution in [0, 0.1) is 10.1 Å². The number of hydrogen-bond donors (Lipinski definition) is 2. The molecule has 1 heterocycles. The molecule has 1 saturated heterocycles. The fraction of sp³-hybridized carbons (Fsp3) is 0.455. The van der Waals surface area contributed by atoms with E-state index >= 15 is 0 Å². The third-order valence-electron chi connectivity index (χ3n) is 3.00. The van der Waals surface area contributed by atoms with Crippen LogP contribution in [0.25, 0.3) is 0 Å². The minimum Gasteiger partial charge on any atom is -0.393 e. The second kappa shape index (κ2) is 5.34. The van der Waals surface area contributed by atoms with Crippen LogP contribution < -0.4 is 11.1 Å². The van der Waals surface area contributed by atoms with Crippen LogP contribution in [0.4, 0.5) is 17.1 Å². The van der Waals surface area contributed by atoms with Gasteiger partial charge < -0.3 is 11.1 Å². The zero-order valence-corrected chi connectivity index (χ0v) is 10.6. The zero-order valence-electron chi connectivity index (χ0n) is 9.80. The van der Waals surface area contributed by atoms with Crippen molar-refractivity contribution in [1.29, 1.82) is 0 Å². The summed E-state index contributed by atoms with van der Waals surface area (Å²) >= 11 is 0. The molecule has 1 fully saturated rings. The number of benzene rings is 1. The van der Waals surface area contributed by atoms with Gasteiger partial charge in [-0.3, -0.25) is 14.3 Å². The monoisotopic (exact) mass is 269 g/mol. The Morgan fingerprint density at radius 1 is 1.39 bits per heavy atom. The van der Waals surface area contributed by atoms with Gasteiger partial charge in [-0.1, -0.05) is 6.07 Å². The van der Waals surface area contributed by atoms with Gasteiger partial charge in [-0.15, -0.1) is 0 Å². The number of hydrogen-bond acceptors (Lipinski definition) is 5. The highest BCUT2D eigenvalue weighted by Gasteiger charge is 2.22. The van der Waals surface area contributed by atoms with E-state index in [1.54, 1.807) is 12.1 Å². The maximum Gasteiger partial charge on any atom is 0.314 e. The molecule has 0 amide bonds. The molecule has 0 bridgehead atoms. The predicted molar refractivity (Wildman–Crippen MR) is 72.0 cm³/mol. The zero-order chi connectivity index (χ0) is 13.1. The van der Waals surface area contributed by atoms with Gasteiger partial charge in [-0.05, 0) is 25.0 Å². The summed E-state index contributed by atoms with van der Waals surface area (Å²) in [6.07, 6.45) is 1.52. The fourth-order valence-corrected chi connectivity index (χ4v) is 3.34. The number of rotatable bonds is 3. The van der Waals surface area contributed by atoms with Crippen molar-refractivity contribution in [3.63, 3.8) is 0 Å². The van der Waals surface area contributed by atoms with E-state index in [9.17, 15) is 14.3 Å². The molecule has 6 nitrogen and oxygen atoms in total. The molecule has 0 unspecified atom stereocenters. The van der Waals surface area contributed by atoms with Crippen LogP contribution in [-0.2, 0) is 10.8 Å². The Balaban J connectivity index is 2.16. The summed E-state index contributed by atoms with van der Waals surface area (Å²) in [5, 5.41) is 14.1. The van der Waals surface area contributed by atoms with E-state index < -0.39 is 15.7 Å². The minimum absolute atomic E-state index is 0.0794.